The van der Waals surface area contributed by atoms with Gasteiger partial charge in [0.05, 0.1) is 5.52 Å². The van der Waals surface area contributed by atoms with E-state index >= 15 is 0 Å². The van der Waals surface area contributed by atoms with Crippen LogP contribution in [0.5, 0.6) is 0 Å². The Bertz CT molecular complexity index is 968. The zero-order valence-electron chi connectivity index (χ0n) is 14.8. The minimum atomic E-state index is -0.160. The van der Waals surface area contributed by atoms with E-state index in [-0.39, 0.29) is 5.82 Å². The summed E-state index contributed by atoms with van der Waals surface area (Å²) in [4.78, 5) is 2.43. The van der Waals surface area contributed by atoms with Gasteiger partial charge in [-0.1, -0.05) is 23.8 Å². The number of halogens is 1. The van der Waals surface area contributed by atoms with Gasteiger partial charge in [0.25, 0.3) is 0 Å². The summed E-state index contributed by atoms with van der Waals surface area (Å²) >= 11 is 0. The largest absolute Gasteiger partial charge is 0.343 e. The molecule has 3 aromatic rings. The van der Waals surface area contributed by atoms with Gasteiger partial charge >= 0.3 is 0 Å². The van der Waals surface area contributed by atoms with Crippen molar-refractivity contribution in [3.05, 3.63) is 70.2 Å². The number of hydrogen-bond acceptors (Lipinski definition) is 1. The van der Waals surface area contributed by atoms with Crippen molar-refractivity contribution < 1.29 is 4.39 Å². The summed E-state index contributed by atoms with van der Waals surface area (Å²) in [7, 11) is 2.22. The van der Waals surface area contributed by atoms with Crippen LogP contribution in [-0.2, 0) is 19.4 Å². The Morgan fingerprint density at radius 3 is 2.60 bits per heavy atom. The van der Waals surface area contributed by atoms with E-state index in [4.69, 9.17) is 0 Å². The molecule has 0 amide bonds. The van der Waals surface area contributed by atoms with Crippen LogP contribution in [0.2, 0.25) is 0 Å². The minimum absolute atomic E-state index is 0.160. The molecule has 0 N–H and O–H groups in total. The average Bonchev–Trinajstić information content (AvgIpc) is 3.02. The molecule has 128 valence electrons. The number of hydrogen-bond donors (Lipinski definition) is 0. The van der Waals surface area contributed by atoms with Crippen molar-refractivity contribution in [2.75, 3.05) is 20.1 Å². The third kappa shape index (κ3) is 2.26. The van der Waals surface area contributed by atoms with Crippen LogP contribution in [0.15, 0.2) is 36.4 Å². The van der Waals surface area contributed by atoms with Gasteiger partial charge in [0, 0.05) is 43.1 Å². The summed E-state index contributed by atoms with van der Waals surface area (Å²) in [5.74, 6) is 0.178. The Morgan fingerprint density at radius 2 is 1.80 bits per heavy atom. The highest BCUT2D eigenvalue weighted by molar-refractivity contribution is 5.91. The molecule has 0 saturated carbocycles. The SMILES string of the molecule is Cc1cc2c3c(c1)c1c(n3CC2c2ccc(F)cc2)CCN(C)CC1. The molecular formula is C22H23FN2. The van der Waals surface area contributed by atoms with Gasteiger partial charge in [0.1, 0.15) is 5.82 Å². The molecule has 2 aliphatic rings. The van der Waals surface area contributed by atoms with Crippen LogP contribution in [0.1, 0.15) is 33.9 Å². The summed E-state index contributed by atoms with van der Waals surface area (Å²) in [5, 5.41) is 1.45. The molecule has 1 unspecified atom stereocenters. The monoisotopic (exact) mass is 334 g/mol. The second kappa shape index (κ2) is 5.43. The highest BCUT2D eigenvalue weighted by Gasteiger charge is 2.31. The molecule has 2 aromatic carbocycles. The Labute approximate surface area is 147 Å². The highest BCUT2D eigenvalue weighted by atomic mass is 19.1. The van der Waals surface area contributed by atoms with E-state index in [1.807, 2.05) is 12.1 Å². The van der Waals surface area contributed by atoms with E-state index < -0.39 is 0 Å². The second-order valence-electron chi connectivity index (χ2n) is 7.69. The Morgan fingerprint density at radius 1 is 1.04 bits per heavy atom. The Hall–Kier alpha value is -2.13. The van der Waals surface area contributed by atoms with Crippen LogP contribution in [0.3, 0.4) is 0 Å². The summed E-state index contributed by atoms with van der Waals surface area (Å²) in [6.45, 7) is 5.44. The summed E-state index contributed by atoms with van der Waals surface area (Å²) in [6, 6.07) is 11.8. The number of likely N-dealkylation sites (N-methyl/N-ethyl adjacent to an activating group) is 1. The van der Waals surface area contributed by atoms with Crippen LogP contribution < -0.4 is 0 Å². The molecule has 0 fully saturated rings. The van der Waals surface area contributed by atoms with Gasteiger partial charge in [-0.05, 0) is 55.3 Å². The smallest absolute Gasteiger partial charge is 0.123 e. The first-order chi connectivity index (χ1) is 12.1. The third-order valence-corrected chi connectivity index (χ3v) is 6.04. The van der Waals surface area contributed by atoms with Crippen LogP contribution in [0.25, 0.3) is 10.9 Å². The molecular weight excluding hydrogens is 311 g/mol. The number of aromatic nitrogens is 1. The number of benzene rings is 2. The number of fused-ring (bicyclic) bond motifs is 3. The van der Waals surface area contributed by atoms with Crippen molar-refractivity contribution in [2.45, 2.75) is 32.2 Å². The van der Waals surface area contributed by atoms with Crippen molar-refractivity contribution in [2.24, 2.45) is 0 Å². The van der Waals surface area contributed by atoms with Crippen molar-refractivity contribution in [1.29, 1.82) is 0 Å². The molecule has 0 spiro atoms. The minimum Gasteiger partial charge on any atom is -0.343 e. The molecule has 0 saturated heterocycles. The molecule has 2 nitrogen and oxygen atoms in total. The predicted octanol–water partition coefficient (Wildman–Crippen LogP) is 4.26. The van der Waals surface area contributed by atoms with Gasteiger partial charge in [-0.2, -0.15) is 0 Å². The van der Waals surface area contributed by atoms with E-state index in [9.17, 15) is 4.39 Å². The standard InChI is InChI=1S/C22H23FN2/c1-14-11-18-17-7-9-24(2)10-8-21(17)25-13-20(19(12-14)22(18)25)15-3-5-16(23)6-4-15/h3-6,11-12,20H,7-10,13H2,1-2H3. The van der Waals surface area contributed by atoms with Crippen molar-refractivity contribution in [3.8, 4) is 0 Å². The van der Waals surface area contributed by atoms with E-state index in [1.165, 1.54) is 33.3 Å². The van der Waals surface area contributed by atoms with Gasteiger partial charge in [-0.25, -0.2) is 4.39 Å². The molecule has 5 rings (SSSR count). The molecule has 0 bridgehead atoms. The second-order valence-corrected chi connectivity index (χ2v) is 7.69. The fourth-order valence-corrected chi connectivity index (χ4v) is 4.80. The molecule has 25 heavy (non-hydrogen) atoms. The fourth-order valence-electron chi connectivity index (χ4n) is 4.80. The summed E-state index contributed by atoms with van der Waals surface area (Å²) < 4.78 is 15.9. The zero-order valence-corrected chi connectivity index (χ0v) is 14.8. The molecule has 1 aromatic heterocycles. The maximum absolute atomic E-state index is 13.4. The van der Waals surface area contributed by atoms with Gasteiger partial charge in [0.2, 0.25) is 0 Å². The zero-order chi connectivity index (χ0) is 17.1. The molecule has 0 aliphatic carbocycles. The summed E-state index contributed by atoms with van der Waals surface area (Å²) in [6.07, 6.45) is 2.26. The van der Waals surface area contributed by atoms with Crippen LogP contribution in [0.4, 0.5) is 4.39 Å². The predicted molar refractivity (Wildman–Crippen MR) is 99.8 cm³/mol. The topological polar surface area (TPSA) is 8.17 Å². The lowest BCUT2D eigenvalue weighted by atomic mass is 9.90. The first kappa shape index (κ1) is 15.2. The average molecular weight is 334 g/mol. The lowest BCUT2D eigenvalue weighted by Crippen LogP contribution is -2.21. The van der Waals surface area contributed by atoms with Gasteiger partial charge in [-0.3, -0.25) is 0 Å². The molecule has 3 heterocycles. The van der Waals surface area contributed by atoms with Crippen LogP contribution in [-0.4, -0.2) is 29.6 Å². The normalized spacial score (nSPS) is 20.0. The highest BCUT2D eigenvalue weighted by Crippen LogP contribution is 2.43. The maximum atomic E-state index is 13.4. The van der Waals surface area contributed by atoms with Gasteiger partial charge < -0.3 is 9.47 Å². The summed E-state index contributed by atoms with van der Waals surface area (Å²) in [5.41, 5.74) is 8.47. The lowest BCUT2D eigenvalue weighted by molar-refractivity contribution is 0.351. The first-order valence-electron chi connectivity index (χ1n) is 9.20. The van der Waals surface area contributed by atoms with E-state index in [2.05, 4.69) is 35.6 Å². The van der Waals surface area contributed by atoms with E-state index in [0.717, 1.165) is 32.5 Å². The van der Waals surface area contributed by atoms with Crippen molar-refractivity contribution >= 4 is 10.9 Å². The first-order valence-corrected chi connectivity index (χ1v) is 9.20. The van der Waals surface area contributed by atoms with Gasteiger partial charge in [-0.15, -0.1) is 0 Å². The lowest BCUT2D eigenvalue weighted by Gasteiger charge is -2.15. The molecule has 1 atom stereocenters. The molecule has 0 radical (unpaired) electrons. The quantitative estimate of drug-likeness (QED) is 0.645. The Kier molecular flexibility index (Phi) is 3.29. The number of nitrogens with zero attached hydrogens (tertiary/aromatic N) is 2. The maximum Gasteiger partial charge on any atom is 0.123 e. The van der Waals surface area contributed by atoms with Crippen molar-refractivity contribution in [3.63, 3.8) is 0 Å². The van der Waals surface area contributed by atoms with E-state index in [0.29, 0.717) is 5.92 Å². The molecule has 2 aliphatic heterocycles. The third-order valence-electron chi connectivity index (χ3n) is 6.04. The Balaban J connectivity index is 1.71. The molecule has 3 heteroatoms. The fraction of sp³-hybridized carbons (Fsp3) is 0.364. The van der Waals surface area contributed by atoms with Gasteiger partial charge in [0.15, 0.2) is 0 Å². The van der Waals surface area contributed by atoms with E-state index in [1.54, 1.807) is 17.7 Å². The number of rotatable bonds is 1. The van der Waals surface area contributed by atoms with Crippen molar-refractivity contribution in [1.82, 2.24) is 9.47 Å². The number of aryl methyl sites for hydroxylation is 1. The van der Waals surface area contributed by atoms with Crippen LogP contribution >= 0.6 is 0 Å². The van der Waals surface area contributed by atoms with Crippen LogP contribution in [0, 0.1) is 12.7 Å².